The molecule has 1 heterocycles. The van der Waals surface area contributed by atoms with Crippen LogP contribution in [0, 0.1) is 0 Å². The summed E-state index contributed by atoms with van der Waals surface area (Å²) in [5.41, 5.74) is 3.60. The first kappa shape index (κ1) is 13.7. The third-order valence-electron chi connectivity index (χ3n) is 3.70. The zero-order chi connectivity index (χ0) is 14.5. The molecule has 0 N–H and O–H groups in total. The third kappa shape index (κ3) is 3.08. The zero-order valence-electron chi connectivity index (χ0n) is 12.4. The Bertz CT molecular complexity index is 680. The first-order chi connectivity index (χ1) is 10.4. The van der Waals surface area contributed by atoms with Crippen LogP contribution in [0.5, 0.6) is 0 Å². The van der Waals surface area contributed by atoms with Crippen molar-refractivity contribution in [2.75, 3.05) is 0 Å². The van der Waals surface area contributed by atoms with Crippen LogP contribution in [0.25, 0.3) is 22.6 Å². The minimum absolute atomic E-state index is 0.959. The van der Waals surface area contributed by atoms with Gasteiger partial charge in [-0.05, 0) is 24.5 Å². The number of aryl methyl sites for hydroxylation is 1. The van der Waals surface area contributed by atoms with Crippen molar-refractivity contribution in [1.82, 2.24) is 0 Å². The second-order valence-electron chi connectivity index (χ2n) is 5.30. The van der Waals surface area contributed by atoms with Crippen molar-refractivity contribution in [3.63, 3.8) is 0 Å². The summed E-state index contributed by atoms with van der Waals surface area (Å²) in [6, 6.07) is 22.9. The van der Waals surface area contributed by atoms with Gasteiger partial charge in [-0.3, -0.25) is 0 Å². The molecule has 0 atom stereocenters. The van der Waals surface area contributed by atoms with Gasteiger partial charge in [0.2, 0.25) is 0 Å². The van der Waals surface area contributed by atoms with Crippen LogP contribution in [0.1, 0.15) is 25.3 Å². The number of unbranched alkanes of at least 4 members (excludes halogenated alkanes) is 1. The standard InChI is InChI=1S/C20H20O/c1-2-3-10-18-15-19(16-11-6-4-7-12-16)21-20(18)17-13-8-5-9-14-17/h4-9,11-15H,2-3,10H2,1H3. The van der Waals surface area contributed by atoms with E-state index in [1.807, 2.05) is 24.3 Å². The summed E-state index contributed by atoms with van der Waals surface area (Å²) in [5, 5.41) is 0. The lowest BCUT2D eigenvalue weighted by molar-refractivity contribution is 0.593. The number of hydrogen-bond donors (Lipinski definition) is 0. The van der Waals surface area contributed by atoms with Crippen molar-refractivity contribution in [3.05, 3.63) is 72.3 Å². The first-order valence-electron chi connectivity index (χ1n) is 7.62. The summed E-state index contributed by atoms with van der Waals surface area (Å²) in [5.74, 6) is 1.98. The van der Waals surface area contributed by atoms with Crippen molar-refractivity contribution < 1.29 is 4.42 Å². The van der Waals surface area contributed by atoms with Crippen molar-refractivity contribution in [2.24, 2.45) is 0 Å². The van der Waals surface area contributed by atoms with Gasteiger partial charge >= 0.3 is 0 Å². The highest BCUT2D eigenvalue weighted by Crippen LogP contribution is 2.33. The highest BCUT2D eigenvalue weighted by Gasteiger charge is 2.13. The molecule has 0 aliphatic heterocycles. The van der Waals surface area contributed by atoms with E-state index in [2.05, 4.69) is 49.4 Å². The maximum Gasteiger partial charge on any atom is 0.137 e. The maximum atomic E-state index is 6.18. The molecular formula is C20H20O. The lowest BCUT2D eigenvalue weighted by atomic mass is 10.0. The molecule has 1 nitrogen and oxygen atoms in total. The van der Waals surface area contributed by atoms with E-state index in [0.29, 0.717) is 0 Å². The molecule has 1 heteroatoms. The quantitative estimate of drug-likeness (QED) is 0.560. The topological polar surface area (TPSA) is 13.1 Å². The van der Waals surface area contributed by atoms with Crippen LogP contribution in [-0.2, 0) is 6.42 Å². The summed E-state index contributed by atoms with van der Waals surface area (Å²) < 4.78 is 6.18. The summed E-state index contributed by atoms with van der Waals surface area (Å²) >= 11 is 0. The fourth-order valence-electron chi connectivity index (χ4n) is 2.56. The van der Waals surface area contributed by atoms with Crippen molar-refractivity contribution in [2.45, 2.75) is 26.2 Å². The van der Waals surface area contributed by atoms with E-state index >= 15 is 0 Å². The number of hydrogen-bond acceptors (Lipinski definition) is 1. The molecule has 0 bridgehead atoms. The van der Waals surface area contributed by atoms with Gasteiger partial charge in [-0.25, -0.2) is 0 Å². The molecule has 0 spiro atoms. The van der Waals surface area contributed by atoms with Gasteiger partial charge in [0.15, 0.2) is 0 Å². The van der Waals surface area contributed by atoms with Crippen LogP contribution >= 0.6 is 0 Å². The number of furan rings is 1. The van der Waals surface area contributed by atoms with Crippen molar-refractivity contribution in [3.8, 4) is 22.6 Å². The van der Waals surface area contributed by atoms with E-state index in [1.165, 1.54) is 18.4 Å². The van der Waals surface area contributed by atoms with Crippen LogP contribution in [0.15, 0.2) is 71.1 Å². The molecule has 0 amide bonds. The fourth-order valence-corrected chi connectivity index (χ4v) is 2.56. The Kier molecular flexibility index (Phi) is 4.20. The van der Waals surface area contributed by atoms with E-state index in [9.17, 15) is 0 Å². The average molecular weight is 276 g/mol. The highest BCUT2D eigenvalue weighted by atomic mass is 16.3. The van der Waals surface area contributed by atoms with Gasteiger partial charge in [0, 0.05) is 11.1 Å². The molecule has 2 aromatic carbocycles. The molecule has 21 heavy (non-hydrogen) atoms. The smallest absolute Gasteiger partial charge is 0.137 e. The van der Waals surface area contributed by atoms with E-state index in [1.54, 1.807) is 0 Å². The van der Waals surface area contributed by atoms with Gasteiger partial charge in [-0.1, -0.05) is 74.0 Å². The van der Waals surface area contributed by atoms with Crippen molar-refractivity contribution >= 4 is 0 Å². The van der Waals surface area contributed by atoms with Crippen LogP contribution in [0.2, 0.25) is 0 Å². The molecule has 0 unspecified atom stereocenters. The van der Waals surface area contributed by atoms with Gasteiger partial charge in [-0.2, -0.15) is 0 Å². The molecule has 0 aliphatic carbocycles. The maximum absolute atomic E-state index is 6.18. The molecule has 0 saturated heterocycles. The van der Waals surface area contributed by atoms with Crippen LogP contribution in [0.4, 0.5) is 0 Å². The first-order valence-corrected chi connectivity index (χ1v) is 7.62. The lowest BCUT2D eigenvalue weighted by Gasteiger charge is -2.01. The van der Waals surface area contributed by atoms with E-state index in [4.69, 9.17) is 4.42 Å². The Labute approximate surface area is 126 Å². The number of benzene rings is 2. The minimum Gasteiger partial charge on any atom is -0.456 e. The van der Waals surface area contributed by atoms with Gasteiger partial charge in [0.25, 0.3) is 0 Å². The predicted octanol–water partition coefficient (Wildman–Crippen LogP) is 5.96. The van der Waals surface area contributed by atoms with E-state index in [0.717, 1.165) is 29.1 Å². The SMILES string of the molecule is CCCCc1cc(-c2ccccc2)oc1-c1ccccc1. The Balaban J connectivity index is 2.03. The Morgan fingerprint density at radius 1 is 0.810 bits per heavy atom. The van der Waals surface area contributed by atoms with Gasteiger partial charge in [0.05, 0.1) is 0 Å². The van der Waals surface area contributed by atoms with E-state index in [-0.39, 0.29) is 0 Å². The largest absolute Gasteiger partial charge is 0.456 e. The van der Waals surface area contributed by atoms with Crippen LogP contribution in [-0.4, -0.2) is 0 Å². The molecular weight excluding hydrogens is 256 g/mol. The lowest BCUT2D eigenvalue weighted by Crippen LogP contribution is -1.85. The fraction of sp³-hybridized carbons (Fsp3) is 0.200. The molecule has 0 saturated carbocycles. The van der Waals surface area contributed by atoms with Gasteiger partial charge in [-0.15, -0.1) is 0 Å². The summed E-state index contributed by atoms with van der Waals surface area (Å²) in [6.07, 6.45) is 3.45. The van der Waals surface area contributed by atoms with Crippen LogP contribution in [0.3, 0.4) is 0 Å². The Hall–Kier alpha value is -2.28. The molecule has 0 fully saturated rings. The Morgan fingerprint density at radius 2 is 1.43 bits per heavy atom. The van der Waals surface area contributed by atoms with Gasteiger partial charge < -0.3 is 4.42 Å². The average Bonchev–Trinajstić information content (AvgIpc) is 2.99. The molecule has 0 radical (unpaired) electrons. The van der Waals surface area contributed by atoms with E-state index < -0.39 is 0 Å². The second kappa shape index (κ2) is 6.45. The molecule has 1 aromatic heterocycles. The van der Waals surface area contributed by atoms with Crippen LogP contribution < -0.4 is 0 Å². The molecule has 0 aliphatic rings. The monoisotopic (exact) mass is 276 g/mol. The summed E-state index contributed by atoms with van der Waals surface area (Å²) in [6.45, 7) is 2.22. The zero-order valence-corrected chi connectivity index (χ0v) is 12.4. The number of rotatable bonds is 5. The minimum atomic E-state index is 0.959. The van der Waals surface area contributed by atoms with Gasteiger partial charge in [0.1, 0.15) is 11.5 Å². The second-order valence-corrected chi connectivity index (χ2v) is 5.30. The predicted molar refractivity (Wildman–Crippen MR) is 88.2 cm³/mol. The Morgan fingerprint density at radius 3 is 2.05 bits per heavy atom. The highest BCUT2D eigenvalue weighted by molar-refractivity contribution is 5.68. The normalized spacial score (nSPS) is 10.7. The molecule has 3 aromatic rings. The molecule has 106 valence electrons. The summed E-state index contributed by atoms with van der Waals surface area (Å²) in [4.78, 5) is 0. The van der Waals surface area contributed by atoms with Crippen molar-refractivity contribution in [1.29, 1.82) is 0 Å². The summed E-state index contributed by atoms with van der Waals surface area (Å²) in [7, 11) is 0. The molecule has 3 rings (SSSR count). The third-order valence-corrected chi connectivity index (χ3v) is 3.70.